The van der Waals surface area contributed by atoms with E-state index in [2.05, 4.69) is 6.58 Å². The molecule has 0 heterocycles. The van der Waals surface area contributed by atoms with E-state index in [1.807, 2.05) is 0 Å². The summed E-state index contributed by atoms with van der Waals surface area (Å²) in [5.74, 6) is -2.86. The molecular weight excluding hydrogens is 248 g/mol. The van der Waals surface area contributed by atoms with Gasteiger partial charge >= 0.3 is 17.9 Å². The second kappa shape index (κ2) is 7.07. The van der Waals surface area contributed by atoms with Gasteiger partial charge in [-0.15, -0.1) is 0 Å². The van der Waals surface area contributed by atoms with E-state index in [1.165, 1.54) is 6.92 Å². The highest BCUT2D eigenvalue weighted by atomic mass is 16.6. The van der Waals surface area contributed by atoms with E-state index in [9.17, 15) is 14.4 Å². The maximum absolute atomic E-state index is 11.9. The highest BCUT2D eigenvalue weighted by Gasteiger charge is 2.38. The Bertz CT molecular complexity index is 385. The van der Waals surface area contributed by atoms with Crippen molar-refractivity contribution in [3.63, 3.8) is 0 Å². The largest absolute Gasteiger partial charge is 0.466 e. The minimum atomic E-state index is -0.738. The second-order valence-electron chi connectivity index (χ2n) is 4.74. The predicted molar refractivity (Wildman–Crippen MR) is 68.0 cm³/mol. The van der Waals surface area contributed by atoms with Crippen molar-refractivity contribution in [2.24, 2.45) is 11.8 Å². The summed E-state index contributed by atoms with van der Waals surface area (Å²) in [6, 6.07) is 0. The Hall–Kier alpha value is -1.65. The fourth-order valence-electron chi connectivity index (χ4n) is 2.20. The predicted octanol–water partition coefficient (Wildman–Crippen LogP) is 2.00. The molecule has 0 aromatic heterocycles. The highest BCUT2D eigenvalue weighted by Crippen LogP contribution is 2.32. The summed E-state index contributed by atoms with van der Waals surface area (Å²) in [6.07, 6.45) is 2.87. The molecule has 106 valence electrons. The van der Waals surface area contributed by atoms with E-state index in [1.54, 1.807) is 6.92 Å². The van der Waals surface area contributed by atoms with E-state index in [0.717, 1.165) is 12.8 Å². The number of esters is 3. The van der Waals surface area contributed by atoms with Gasteiger partial charge in [0.25, 0.3) is 0 Å². The van der Waals surface area contributed by atoms with Gasteiger partial charge < -0.3 is 9.47 Å². The molecule has 19 heavy (non-hydrogen) atoms. The molecule has 1 saturated carbocycles. The molecular formula is C14H20O5. The van der Waals surface area contributed by atoms with Crippen molar-refractivity contribution in [3.8, 4) is 0 Å². The van der Waals surface area contributed by atoms with Gasteiger partial charge in [0.2, 0.25) is 0 Å². The zero-order valence-electron chi connectivity index (χ0n) is 11.4. The van der Waals surface area contributed by atoms with Gasteiger partial charge in [-0.1, -0.05) is 19.4 Å². The number of carbonyl (C=O) groups is 3. The molecule has 0 aliphatic heterocycles. The lowest BCUT2D eigenvalue weighted by Gasteiger charge is -2.27. The minimum Gasteiger partial charge on any atom is -0.466 e. The molecule has 0 aromatic carbocycles. The van der Waals surface area contributed by atoms with E-state index in [0.29, 0.717) is 12.8 Å². The van der Waals surface area contributed by atoms with Gasteiger partial charge in [-0.3, -0.25) is 9.59 Å². The third kappa shape index (κ3) is 4.19. The Labute approximate surface area is 112 Å². The molecule has 1 aliphatic rings. The third-order valence-electron chi connectivity index (χ3n) is 3.20. The van der Waals surface area contributed by atoms with Gasteiger partial charge in [0.05, 0.1) is 18.4 Å². The zero-order chi connectivity index (χ0) is 14.4. The molecule has 5 nitrogen and oxygen atoms in total. The smallest absolute Gasteiger partial charge is 0.340 e. The maximum atomic E-state index is 11.9. The van der Waals surface area contributed by atoms with E-state index < -0.39 is 23.8 Å². The molecule has 0 bridgehead atoms. The van der Waals surface area contributed by atoms with Crippen LogP contribution in [0.15, 0.2) is 12.2 Å². The van der Waals surface area contributed by atoms with E-state index in [4.69, 9.17) is 9.47 Å². The van der Waals surface area contributed by atoms with Crippen LogP contribution in [0.4, 0.5) is 0 Å². The molecule has 2 atom stereocenters. The first kappa shape index (κ1) is 15.4. The standard InChI is InChI=1S/C14H20O5/c1-4-18-13(16)10-7-5-6-8-11(10)14(17)19-12(15)9(2)3/h10-11H,2,4-8H2,1,3H3. The van der Waals surface area contributed by atoms with Crippen LogP contribution in [-0.2, 0) is 23.9 Å². The summed E-state index contributed by atoms with van der Waals surface area (Å²) in [6.45, 7) is 6.89. The van der Waals surface area contributed by atoms with Crippen molar-refractivity contribution in [2.45, 2.75) is 39.5 Å². The fourth-order valence-corrected chi connectivity index (χ4v) is 2.20. The average Bonchev–Trinajstić information content (AvgIpc) is 2.38. The molecule has 1 fully saturated rings. The Morgan fingerprint density at radius 2 is 1.63 bits per heavy atom. The lowest BCUT2D eigenvalue weighted by molar-refractivity contribution is -0.168. The molecule has 0 saturated heterocycles. The van der Waals surface area contributed by atoms with Crippen LogP contribution in [0.2, 0.25) is 0 Å². The third-order valence-corrected chi connectivity index (χ3v) is 3.20. The van der Waals surface area contributed by atoms with Crippen LogP contribution in [0.25, 0.3) is 0 Å². The Morgan fingerprint density at radius 3 is 2.11 bits per heavy atom. The molecule has 2 unspecified atom stereocenters. The molecule has 1 aliphatic carbocycles. The van der Waals surface area contributed by atoms with Gasteiger partial charge in [0, 0.05) is 5.57 Å². The number of ether oxygens (including phenoxy) is 2. The van der Waals surface area contributed by atoms with Gasteiger partial charge in [-0.2, -0.15) is 0 Å². The average molecular weight is 268 g/mol. The fraction of sp³-hybridized carbons (Fsp3) is 0.643. The molecule has 1 rings (SSSR count). The second-order valence-corrected chi connectivity index (χ2v) is 4.74. The zero-order valence-corrected chi connectivity index (χ0v) is 11.4. The van der Waals surface area contributed by atoms with Crippen molar-refractivity contribution in [1.29, 1.82) is 0 Å². The number of hydrogen-bond acceptors (Lipinski definition) is 5. The topological polar surface area (TPSA) is 69.7 Å². The van der Waals surface area contributed by atoms with Gasteiger partial charge in [0.1, 0.15) is 0 Å². The summed E-state index contributed by atoms with van der Waals surface area (Å²) in [7, 11) is 0. The van der Waals surface area contributed by atoms with Gasteiger partial charge in [-0.05, 0) is 26.7 Å². The van der Waals surface area contributed by atoms with Crippen LogP contribution >= 0.6 is 0 Å². The Morgan fingerprint density at radius 1 is 1.11 bits per heavy atom. The summed E-state index contributed by atoms with van der Waals surface area (Å²) < 4.78 is 9.69. The van der Waals surface area contributed by atoms with Crippen LogP contribution < -0.4 is 0 Å². The number of rotatable bonds is 4. The summed E-state index contributed by atoms with van der Waals surface area (Å²) in [5.41, 5.74) is 0.164. The van der Waals surface area contributed by atoms with Crippen LogP contribution in [0, 0.1) is 11.8 Å². The highest BCUT2D eigenvalue weighted by molar-refractivity contribution is 5.96. The first-order valence-electron chi connectivity index (χ1n) is 6.55. The first-order chi connectivity index (χ1) is 8.97. The monoisotopic (exact) mass is 268 g/mol. The van der Waals surface area contributed by atoms with Crippen LogP contribution in [0.5, 0.6) is 0 Å². The lowest BCUT2D eigenvalue weighted by atomic mass is 9.79. The summed E-state index contributed by atoms with van der Waals surface area (Å²) in [4.78, 5) is 35.1. The van der Waals surface area contributed by atoms with Gasteiger partial charge in [-0.25, -0.2) is 4.79 Å². The molecule has 0 radical (unpaired) electrons. The summed E-state index contributed by atoms with van der Waals surface area (Å²) in [5, 5.41) is 0. The van der Waals surface area contributed by atoms with E-state index in [-0.39, 0.29) is 18.1 Å². The Kier molecular flexibility index (Phi) is 5.73. The normalized spacial score (nSPS) is 22.4. The molecule has 5 heteroatoms. The SMILES string of the molecule is C=C(C)C(=O)OC(=O)C1CCCCC1C(=O)OCC. The molecule has 0 N–H and O–H groups in total. The number of hydrogen-bond donors (Lipinski definition) is 0. The minimum absolute atomic E-state index is 0.164. The van der Waals surface area contributed by atoms with Crippen LogP contribution in [0.1, 0.15) is 39.5 Å². The van der Waals surface area contributed by atoms with E-state index >= 15 is 0 Å². The molecule has 0 amide bonds. The number of carbonyl (C=O) groups excluding carboxylic acids is 3. The van der Waals surface area contributed by atoms with Crippen molar-refractivity contribution in [2.75, 3.05) is 6.61 Å². The van der Waals surface area contributed by atoms with Crippen molar-refractivity contribution in [3.05, 3.63) is 12.2 Å². The maximum Gasteiger partial charge on any atom is 0.340 e. The quantitative estimate of drug-likeness (QED) is 0.443. The van der Waals surface area contributed by atoms with Crippen LogP contribution in [0.3, 0.4) is 0 Å². The van der Waals surface area contributed by atoms with Crippen molar-refractivity contribution >= 4 is 17.9 Å². The van der Waals surface area contributed by atoms with Crippen molar-refractivity contribution < 1.29 is 23.9 Å². The molecule has 0 spiro atoms. The Balaban J connectivity index is 2.71. The van der Waals surface area contributed by atoms with Crippen molar-refractivity contribution in [1.82, 2.24) is 0 Å². The first-order valence-corrected chi connectivity index (χ1v) is 6.55. The lowest BCUT2D eigenvalue weighted by Crippen LogP contribution is -2.35. The van der Waals surface area contributed by atoms with Gasteiger partial charge in [0.15, 0.2) is 0 Å². The molecule has 0 aromatic rings. The summed E-state index contributed by atoms with van der Waals surface area (Å²) >= 11 is 0. The van der Waals surface area contributed by atoms with Crippen LogP contribution in [-0.4, -0.2) is 24.5 Å².